The molecule has 0 radical (unpaired) electrons. The van der Waals surface area contributed by atoms with Crippen LogP contribution in [0.4, 0.5) is 8.78 Å². The molecule has 0 aliphatic carbocycles. The first-order valence-electron chi connectivity index (χ1n) is 9.80. The molecule has 0 bridgehead atoms. The molecule has 0 saturated carbocycles. The number of hydrogen-bond donors (Lipinski definition) is 0. The van der Waals surface area contributed by atoms with Crippen LogP contribution in [0.1, 0.15) is 21.9 Å². The molecule has 0 N–H and O–H groups in total. The van der Waals surface area contributed by atoms with E-state index in [1.165, 1.54) is 36.4 Å². The number of amides is 1. The van der Waals surface area contributed by atoms with E-state index in [9.17, 15) is 13.6 Å². The summed E-state index contributed by atoms with van der Waals surface area (Å²) in [5.41, 5.74) is 1.05. The molecule has 1 fully saturated rings. The maximum Gasteiger partial charge on any atom is 0.289 e. The second-order valence-corrected chi connectivity index (χ2v) is 7.20. The zero-order valence-electron chi connectivity index (χ0n) is 16.4. The normalized spacial score (nSPS) is 14.7. The van der Waals surface area contributed by atoms with Gasteiger partial charge in [-0.2, -0.15) is 0 Å². The first kappa shape index (κ1) is 20.1. The summed E-state index contributed by atoms with van der Waals surface area (Å²) in [6.45, 7) is 3.57. The zero-order chi connectivity index (χ0) is 20.9. The van der Waals surface area contributed by atoms with Gasteiger partial charge >= 0.3 is 0 Å². The van der Waals surface area contributed by atoms with Crippen molar-refractivity contribution in [3.63, 3.8) is 0 Å². The SMILES string of the molecule is O=C(c1ccc(COc2ccc(F)cc2)o1)N1CCN(Cc2ccc(F)cc2)CC1. The summed E-state index contributed by atoms with van der Waals surface area (Å²) in [5.74, 6) is 0.612. The van der Waals surface area contributed by atoms with Gasteiger partial charge in [-0.05, 0) is 54.1 Å². The summed E-state index contributed by atoms with van der Waals surface area (Å²) in [6, 6.07) is 15.6. The average molecular weight is 412 g/mol. The van der Waals surface area contributed by atoms with Crippen LogP contribution in [0.25, 0.3) is 0 Å². The van der Waals surface area contributed by atoms with Crippen molar-refractivity contribution in [3.8, 4) is 5.75 Å². The molecule has 0 unspecified atom stereocenters. The third kappa shape index (κ3) is 5.04. The molecule has 1 aromatic heterocycles. The van der Waals surface area contributed by atoms with Gasteiger partial charge in [0.05, 0.1) is 0 Å². The quantitative estimate of drug-likeness (QED) is 0.612. The summed E-state index contributed by atoms with van der Waals surface area (Å²) in [7, 11) is 0. The van der Waals surface area contributed by atoms with E-state index in [2.05, 4.69) is 4.90 Å². The first-order chi connectivity index (χ1) is 14.6. The van der Waals surface area contributed by atoms with Gasteiger partial charge in [0.25, 0.3) is 5.91 Å². The highest BCUT2D eigenvalue weighted by atomic mass is 19.1. The fourth-order valence-corrected chi connectivity index (χ4v) is 3.37. The van der Waals surface area contributed by atoms with Crippen LogP contribution in [0, 0.1) is 11.6 Å². The number of carbonyl (C=O) groups is 1. The molecular weight excluding hydrogens is 390 g/mol. The highest BCUT2D eigenvalue weighted by Gasteiger charge is 2.24. The molecule has 5 nitrogen and oxygen atoms in total. The van der Waals surface area contributed by atoms with Crippen LogP contribution in [-0.2, 0) is 13.2 Å². The smallest absolute Gasteiger partial charge is 0.289 e. The molecule has 1 aliphatic heterocycles. The van der Waals surface area contributed by atoms with Gasteiger partial charge in [0.2, 0.25) is 0 Å². The number of benzene rings is 2. The van der Waals surface area contributed by atoms with Crippen molar-refractivity contribution in [1.29, 1.82) is 0 Å². The molecule has 4 rings (SSSR count). The van der Waals surface area contributed by atoms with E-state index in [1.807, 2.05) is 0 Å². The molecule has 1 aliphatic rings. The molecular formula is C23H22F2N2O3. The molecule has 1 amide bonds. The van der Waals surface area contributed by atoms with Gasteiger partial charge in [-0.15, -0.1) is 0 Å². The summed E-state index contributed by atoms with van der Waals surface area (Å²) < 4.78 is 37.1. The topological polar surface area (TPSA) is 45.9 Å². The van der Waals surface area contributed by atoms with Crippen LogP contribution in [0.15, 0.2) is 65.1 Å². The van der Waals surface area contributed by atoms with Crippen LogP contribution < -0.4 is 4.74 Å². The van der Waals surface area contributed by atoms with Crippen molar-refractivity contribution in [3.05, 3.63) is 89.4 Å². The number of ether oxygens (including phenoxy) is 1. The van der Waals surface area contributed by atoms with Crippen LogP contribution in [0.2, 0.25) is 0 Å². The van der Waals surface area contributed by atoms with E-state index in [0.717, 1.165) is 25.2 Å². The second-order valence-electron chi connectivity index (χ2n) is 7.20. The Balaban J connectivity index is 1.27. The average Bonchev–Trinajstić information content (AvgIpc) is 3.24. The van der Waals surface area contributed by atoms with Gasteiger partial charge in [-0.3, -0.25) is 9.69 Å². The number of halogens is 2. The lowest BCUT2D eigenvalue weighted by Gasteiger charge is -2.34. The van der Waals surface area contributed by atoms with E-state index >= 15 is 0 Å². The number of carbonyl (C=O) groups excluding carboxylic acids is 1. The Bertz CT molecular complexity index is 978. The molecule has 0 atom stereocenters. The Hall–Kier alpha value is -3.19. The van der Waals surface area contributed by atoms with Gasteiger partial charge < -0.3 is 14.1 Å². The monoisotopic (exact) mass is 412 g/mol. The standard InChI is InChI=1S/C23H22F2N2O3/c24-18-3-1-17(2-4-18)15-26-11-13-27(14-12-26)23(28)22-10-9-21(30-22)16-29-20-7-5-19(25)6-8-20/h1-10H,11-16H2. The van der Waals surface area contributed by atoms with Crippen LogP contribution >= 0.6 is 0 Å². The minimum Gasteiger partial charge on any atom is -0.486 e. The number of nitrogens with zero attached hydrogens (tertiary/aromatic N) is 2. The lowest BCUT2D eigenvalue weighted by molar-refractivity contribution is 0.0594. The molecule has 2 aromatic carbocycles. The molecule has 156 valence electrons. The van der Waals surface area contributed by atoms with Crippen LogP contribution in [0.3, 0.4) is 0 Å². The Labute approximate surface area is 173 Å². The van der Waals surface area contributed by atoms with E-state index in [-0.39, 0.29) is 29.9 Å². The van der Waals surface area contributed by atoms with Crippen LogP contribution in [-0.4, -0.2) is 41.9 Å². The Morgan fingerprint density at radius 1 is 0.867 bits per heavy atom. The predicted octanol–water partition coefficient (Wildman–Crippen LogP) is 4.09. The summed E-state index contributed by atoms with van der Waals surface area (Å²) in [4.78, 5) is 16.7. The largest absolute Gasteiger partial charge is 0.486 e. The van der Waals surface area contributed by atoms with Crippen LogP contribution in [0.5, 0.6) is 5.75 Å². The van der Waals surface area contributed by atoms with Crippen molar-refractivity contribution in [2.24, 2.45) is 0 Å². The van der Waals surface area contributed by atoms with E-state index in [4.69, 9.17) is 9.15 Å². The third-order valence-corrected chi connectivity index (χ3v) is 5.05. The maximum atomic E-state index is 13.0. The number of hydrogen-bond acceptors (Lipinski definition) is 4. The van der Waals surface area contributed by atoms with Gasteiger partial charge in [-0.25, -0.2) is 8.78 Å². The molecule has 3 aromatic rings. The Morgan fingerprint density at radius 3 is 2.17 bits per heavy atom. The van der Waals surface area contributed by atoms with Gasteiger partial charge in [-0.1, -0.05) is 12.1 Å². The second kappa shape index (κ2) is 9.09. The van der Waals surface area contributed by atoms with Crippen molar-refractivity contribution in [1.82, 2.24) is 9.80 Å². The highest BCUT2D eigenvalue weighted by Crippen LogP contribution is 2.17. The van der Waals surface area contributed by atoms with Gasteiger partial charge in [0.15, 0.2) is 5.76 Å². The Kier molecular flexibility index (Phi) is 6.09. The first-order valence-corrected chi connectivity index (χ1v) is 9.80. The molecule has 2 heterocycles. The number of furan rings is 1. The summed E-state index contributed by atoms with van der Waals surface area (Å²) in [5, 5.41) is 0. The number of piperazine rings is 1. The van der Waals surface area contributed by atoms with Gasteiger partial charge in [0.1, 0.15) is 29.8 Å². The highest BCUT2D eigenvalue weighted by molar-refractivity contribution is 5.91. The van der Waals surface area contributed by atoms with Crippen molar-refractivity contribution < 1.29 is 22.7 Å². The Morgan fingerprint density at radius 2 is 1.50 bits per heavy atom. The van der Waals surface area contributed by atoms with Crippen molar-refractivity contribution in [2.45, 2.75) is 13.2 Å². The fraction of sp³-hybridized carbons (Fsp3) is 0.261. The summed E-state index contributed by atoms with van der Waals surface area (Å²) in [6.07, 6.45) is 0. The fourth-order valence-electron chi connectivity index (χ4n) is 3.37. The number of rotatable bonds is 6. The molecule has 30 heavy (non-hydrogen) atoms. The minimum atomic E-state index is -0.328. The molecule has 7 heteroatoms. The van der Waals surface area contributed by atoms with Crippen molar-refractivity contribution in [2.75, 3.05) is 26.2 Å². The van der Waals surface area contributed by atoms with E-state index in [1.54, 1.807) is 29.2 Å². The zero-order valence-corrected chi connectivity index (χ0v) is 16.4. The minimum absolute atomic E-state index is 0.149. The lowest BCUT2D eigenvalue weighted by atomic mass is 10.2. The van der Waals surface area contributed by atoms with E-state index in [0.29, 0.717) is 24.6 Å². The molecule has 1 saturated heterocycles. The molecule has 0 spiro atoms. The maximum absolute atomic E-state index is 13.0. The summed E-state index contributed by atoms with van der Waals surface area (Å²) >= 11 is 0. The van der Waals surface area contributed by atoms with Gasteiger partial charge in [0, 0.05) is 32.7 Å². The van der Waals surface area contributed by atoms with Crippen molar-refractivity contribution >= 4 is 5.91 Å². The third-order valence-electron chi connectivity index (χ3n) is 5.05. The predicted molar refractivity (Wildman–Crippen MR) is 107 cm³/mol. The lowest BCUT2D eigenvalue weighted by Crippen LogP contribution is -2.48. The van der Waals surface area contributed by atoms with E-state index < -0.39 is 0 Å².